The number of nitrogens with two attached hydrogens (primary N) is 1. The van der Waals surface area contributed by atoms with Gasteiger partial charge in [-0.25, -0.2) is 0 Å². The molecule has 0 aromatic carbocycles. The van der Waals surface area contributed by atoms with E-state index in [9.17, 15) is 0 Å². The highest BCUT2D eigenvalue weighted by molar-refractivity contribution is 5.01. The fraction of sp³-hybridized carbons (Fsp3) is 0.667. The minimum absolute atomic E-state index is 0.502. The van der Waals surface area contributed by atoms with E-state index in [2.05, 4.69) is 11.9 Å². The second-order valence-corrected chi connectivity index (χ2v) is 2.22. The molecule has 0 aliphatic carbocycles. The summed E-state index contributed by atoms with van der Waals surface area (Å²) in [5.41, 5.74) is 6.53. The number of rotatable bonds is 1. The van der Waals surface area contributed by atoms with Crippen molar-refractivity contribution >= 4 is 0 Å². The maximum Gasteiger partial charge on any atom is 0.0384 e. The SMILES string of the molecule is C=C1CCC(CN)N1. The van der Waals surface area contributed by atoms with Crippen LogP contribution in [-0.4, -0.2) is 12.6 Å². The van der Waals surface area contributed by atoms with Crippen LogP contribution in [0.15, 0.2) is 12.3 Å². The number of nitrogens with one attached hydrogen (secondary N) is 1. The molecule has 1 heterocycles. The second kappa shape index (κ2) is 2.18. The molecular weight excluding hydrogens is 100 g/mol. The van der Waals surface area contributed by atoms with Gasteiger partial charge < -0.3 is 11.1 Å². The highest BCUT2D eigenvalue weighted by Gasteiger charge is 2.13. The van der Waals surface area contributed by atoms with Gasteiger partial charge in [0.15, 0.2) is 0 Å². The number of allylic oxidation sites excluding steroid dienone is 1. The molecule has 2 nitrogen and oxygen atoms in total. The molecule has 1 rings (SSSR count). The Morgan fingerprint density at radius 2 is 2.62 bits per heavy atom. The molecule has 2 heteroatoms. The molecule has 0 bridgehead atoms. The van der Waals surface area contributed by atoms with E-state index in [0.717, 1.165) is 25.1 Å². The Bertz CT molecular complexity index is 98.7. The Hall–Kier alpha value is -0.500. The Morgan fingerprint density at radius 3 is 2.88 bits per heavy atom. The van der Waals surface area contributed by atoms with Crippen LogP contribution in [0.4, 0.5) is 0 Å². The van der Waals surface area contributed by atoms with Crippen LogP contribution < -0.4 is 11.1 Å². The third-order valence-electron chi connectivity index (χ3n) is 1.49. The van der Waals surface area contributed by atoms with Crippen molar-refractivity contribution < 1.29 is 0 Å². The summed E-state index contributed by atoms with van der Waals surface area (Å²) in [5, 5.41) is 3.18. The summed E-state index contributed by atoms with van der Waals surface area (Å²) in [6.07, 6.45) is 2.26. The van der Waals surface area contributed by atoms with E-state index in [-0.39, 0.29) is 0 Å². The Morgan fingerprint density at radius 1 is 1.88 bits per heavy atom. The number of hydrogen-bond acceptors (Lipinski definition) is 2. The first-order valence-corrected chi connectivity index (χ1v) is 2.97. The Kier molecular flexibility index (Phi) is 1.53. The molecule has 1 aliphatic heterocycles. The quantitative estimate of drug-likeness (QED) is 0.509. The van der Waals surface area contributed by atoms with Gasteiger partial charge >= 0.3 is 0 Å². The van der Waals surface area contributed by atoms with Gasteiger partial charge in [-0.15, -0.1) is 0 Å². The van der Waals surface area contributed by atoms with Crippen molar-refractivity contribution in [3.05, 3.63) is 12.3 Å². The van der Waals surface area contributed by atoms with E-state index in [1.807, 2.05) is 0 Å². The van der Waals surface area contributed by atoms with Crippen LogP contribution in [0, 0.1) is 0 Å². The minimum Gasteiger partial charge on any atom is -0.385 e. The summed E-state index contributed by atoms with van der Waals surface area (Å²) < 4.78 is 0. The fourth-order valence-electron chi connectivity index (χ4n) is 0.958. The zero-order valence-corrected chi connectivity index (χ0v) is 4.98. The molecule has 0 spiro atoms. The van der Waals surface area contributed by atoms with Gasteiger partial charge in [-0.2, -0.15) is 0 Å². The highest BCUT2D eigenvalue weighted by atomic mass is 15.0. The lowest BCUT2D eigenvalue weighted by Gasteiger charge is -2.04. The summed E-state index contributed by atoms with van der Waals surface area (Å²) in [6.45, 7) is 4.52. The first kappa shape index (κ1) is 5.63. The van der Waals surface area contributed by atoms with Crippen molar-refractivity contribution in [3.63, 3.8) is 0 Å². The van der Waals surface area contributed by atoms with E-state index < -0.39 is 0 Å². The summed E-state index contributed by atoms with van der Waals surface area (Å²) in [7, 11) is 0. The zero-order chi connectivity index (χ0) is 5.98. The Balaban J connectivity index is 2.32. The van der Waals surface area contributed by atoms with E-state index in [4.69, 9.17) is 5.73 Å². The van der Waals surface area contributed by atoms with Crippen molar-refractivity contribution in [1.29, 1.82) is 0 Å². The largest absolute Gasteiger partial charge is 0.385 e. The van der Waals surface area contributed by atoms with E-state index in [0.29, 0.717) is 6.04 Å². The lowest BCUT2D eigenvalue weighted by Crippen LogP contribution is -2.28. The van der Waals surface area contributed by atoms with Gasteiger partial charge in [-0.05, 0) is 12.8 Å². The molecule has 0 amide bonds. The normalized spacial score (nSPS) is 28.1. The molecular formula is C6H12N2. The van der Waals surface area contributed by atoms with Crippen LogP contribution in [0.2, 0.25) is 0 Å². The van der Waals surface area contributed by atoms with Gasteiger partial charge in [0.25, 0.3) is 0 Å². The summed E-state index contributed by atoms with van der Waals surface area (Å²) in [4.78, 5) is 0. The average Bonchev–Trinajstić information content (AvgIpc) is 2.14. The monoisotopic (exact) mass is 112 g/mol. The van der Waals surface area contributed by atoms with Gasteiger partial charge in [-0.3, -0.25) is 0 Å². The fourth-order valence-corrected chi connectivity index (χ4v) is 0.958. The topological polar surface area (TPSA) is 38.0 Å². The predicted octanol–water partition coefficient (Wildman–Crippen LogP) is 0.211. The molecule has 1 unspecified atom stereocenters. The van der Waals surface area contributed by atoms with Gasteiger partial charge in [0.1, 0.15) is 0 Å². The van der Waals surface area contributed by atoms with Crippen LogP contribution in [0.1, 0.15) is 12.8 Å². The van der Waals surface area contributed by atoms with Gasteiger partial charge in [0.2, 0.25) is 0 Å². The molecule has 46 valence electrons. The van der Waals surface area contributed by atoms with Gasteiger partial charge in [-0.1, -0.05) is 6.58 Å². The molecule has 0 radical (unpaired) electrons. The maximum absolute atomic E-state index is 5.39. The first-order valence-electron chi connectivity index (χ1n) is 2.97. The molecule has 8 heavy (non-hydrogen) atoms. The smallest absolute Gasteiger partial charge is 0.0384 e. The van der Waals surface area contributed by atoms with Crippen molar-refractivity contribution in [2.75, 3.05) is 6.54 Å². The summed E-state index contributed by atoms with van der Waals surface area (Å²) in [6, 6.07) is 0.502. The van der Waals surface area contributed by atoms with Crippen molar-refractivity contribution in [1.82, 2.24) is 5.32 Å². The van der Waals surface area contributed by atoms with Crippen LogP contribution in [0.25, 0.3) is 0 Å². The lowest BCUT2D eigenvalue weighted by molar-refractivity contribution is 0.630. The molecule has 0 aromatic heterocycles. The molecule has 1 fully saturated rings. The van der Waals surface area contributed by atoms with Crippen LogP contribution >= 0.6 is 0 Å². The van der Waals surface area contributed by atoms with E-state index >= 15 is 0 Å². The van der Waals surface area contributed by atoms with Gasteiger partial charge in [0.05, 0.1) is 0 Å². The third-order valence-corrected chi connectivity index (χ3v) is 1.49. The first-order chi connectivity index (χ1) is 3.83. The zero-order valence-electron chi connectivity index (χ0n) is 4.98. The van der Waals surface area contributed by atoms with Crippen LogP contribution in [0.5, 0.6) is 0 Å². The maximum atomic E-state index is 5.39. The van der Waals surface area contributed by atoms with Crippen molar-refractivity contribution in [3.8, 4) is 0 Å². The van der Waals surface area contributed by atoms with Gasteiger partial charge in [0, 0.05) is 18.3 Å². The highest BCUT2D eigenvalue weighted by Crippen LogP contribution is 2.11. The molecule has 3 N–H and O–H groups in total. The lowest BCUT2D eigenvalue weighted by atomic mass is 10.2. The molecule has 0 aromatic rings. The molecule has 1 saturated heterocycles. The molecule has 1 atom stereocenters. The summed E-state index contributed by atoms with van der Waals surface area (Å²) in [5.74, 6) is 0. The standard InChI is InChI=1S/C6H12N2/c1-5-2-3-6(4-7)8-5/h6,8H,1-4,7H2. The summed E-state index contributed by atoms with van der Waals surface area (Å²) >= 11 is 0. The van der Waals surface area contributed by atoms with E-state index in [1.165, 1.54) is 0 Å². The van der Waals surface area contributed by atoms with Crippen LogP contribution in [-0.2, 0) is 0 Å². The molecule has 1 aliphatic rings. The predicted molar refractivity (Wildman–Crippen MR) is 34.4 cm³/mol. The molecule has 0 saturated carbocycles. The van der Waals surface area contributed by atoms with Crippen molar-refractivity contribution in [2.24, 2.45) is 5.73 Å². The number of hydrogen-bond donors (Lipinski definition) is 2. The Labute approximate surface area is 49.8 Å². The second-order valence-electron chi connectivity index (χ2n) is 2.22. The van der Waals surface area contributed by atoms with Crippen LogP contribution in [0.3, 0.4) is 0 Å². The van der Waals surface area contributed by atoms with E-state index in [1.54, 1.807) is 0 Å². The average molecular weight is 112 g/mol. The van der Waals surface area contributed by atoms with Crippen molar-refractivity contribution in [2.45, 2.75) is 18.9 Å². The third kappa shape index (κ3) is 1.01. The minimum atomic E-state index is 0.502.